The molecule has 23 heavy (non-hydrogen) atoms. The van der Waals surface area contributed by atoms with E-state index in [2.05, 4.69) is 11.0 Å². The highest BCUT2D eigenvalue weighted by Gasteiger charge is 2.33. The zero-order chi connectivity index (χ0) is 16.2. The fourth-order valence-corrected chi connectivity index (χ4v) is 3.39. The number of benzene rings is 1. The Balaban J connectivity index is 1.51. The standard InChI is InChI=1S/C18H23NO4/c1-22-18(21)15-11-19(9-7-16(15)20)8-6-13-10-14-4-2-3-5-17(14)23-12-13/h2-5,13,15H,6-12H2,1H3. The number of ether oxygens (including phenoxy) is 2. The maximum absolute atomic E-state index is 11.8. The van der Waals surface area contributed by atoms with Gasteiger partial charge in [-0.05, 0) is 36.9 Å². The van der Waals surface area contributed by atoms with Gasteiger partial charge < -0.3 is 14.4 Å². The first-order valence-corrected chi connectivity index (χ1v) is 8.21. The lowest BCUT2D eigenvalue weighted by molar-refractivity contribution is -0.151. The summed E-state index contributed by atoms with van der Waals surface area (Å²) in [6.45, 7) is 2.84. The van der Waals surface area contributed by atoms with Crippen molar-refractivity contribution in [1.29, 1.82) is 0 Å². The molecule has 1 aromatic carbocycles. The predicted octanol–water partition coefficient (Wildman–Crippen LogP) is 1.69. The lowest BCUT2D eigenvalue weighted by Crippen LogP contribution is -2.45. The smallest absolute Gasteiger partial charge is 0.317 e. The van der Waals surface area contributed by atoms with Crippen LogP contribution >= 0.6 is 0 Å². The van der Waals surface area contributed by atoms with Gasteiger partial charge >= 0.3 is 5.97 Å². The molecule has 5 nitrogen and oxygen atoms in total. The molecule has 0 aliphatic carbocycles. The van der Waals surface area contributed by atoms with E-state index in [9.17, 15) is 9.59 Å². The van der Waals surface area contributed by atoms with Gasteiger partial charge in [0, 0.05) is 19.5 Å². The minimum atomic E-state index is -0.614. The number of esters is 1. The molecule has 124 valence electrons. The van der Waals surface area contributed by atoms with E-state index < -0.39 is 11.9 Å². The molecule has 0 saturated carbocycles. The minimum Gasteiger partial charge on any atom is -0.493 e. The van der Waals surface area contributed by atoms with Crippen LogP contribution in [0.4, 0.5) is 0 Å². The normalized spacial score (nSPS) is 24.7. The fourth-order valence-electron chi connectivity index (χ4n) is 3.39. The van der Waals surface area contributed by atoms with E-state index in [1.165, 1.54) is 12.7 Å². The van der Waals surface area contributed by atoms with Crippen molar-refractivity contribution >= 4 is 11.8 Å². The summed E-state index contributed by atoms with van der Waals surface area (Å²) in [4.78, 5) is 25.7. The molecular weight excluding hydrogens is 294 g/mol. The maximum atomic E-state index is 11.8. The van der Waals surface area contributed by atoms with Gasteiger partial charge in [-0.2, -0.15) is 0 Å². The number of fused-ring (bicyclic) bond motifs is 1. The third-order valence-electron chi connectivity index (χ3n) is 4.80. The monoisotopic (exact) mass is 317 g/mol. The first-order valence-electron chi connectivity index (χ1n) is 8.21. The molecule has 0 N–H and O–H groups in total. The third kappa shape index (κ3) is 3.72. The molecule has 1 aromatic rings. The van der Waals surface area contributed by atoms with Crippen LogP contribution in [0.25, 0.3) is 0 Å². The summed E-state index contributed by atoms with van der Waals surface area (Å²) in [5.41, 5.74) is 1.27. The first-order chi connectivity index (χ1) is 11.2. The molecule has 0 radical (unpaired) electrons. The molecule has 0 spiro atoms. The zero-order valence-electron chi connectivity index (χ0n) is 13.5. The molecule has 1 fully saturated rings. The van der Waals surface area contributed by atoms with Crippen LogP contribution in [0.5, 0.6) is 5.75 Å². The number of carbonyl (C=O) groups excluding carboxylic acids is 2. The quantitative estimate of drug-likeness (QED) is 0.625. The van der Waals surface area contributed by atoms with Crippen molar-refractivity contribution in [3.05, 3.63) is 29.8 Å². The average molecular weight is 317 g/mol. The van der Waals surface area contributed by atoms with Crippen molar-refractivity contribution in [2.24, 2.45) is 11.8 Å². The van der Waals surface area contributed by atoms with Crippen molar-refractivity contribution in [3.8, 4) is 5.75 Å². The summed E-state index contributed by atoms with van der Waals surface area (Å²) in [5, 5.41) is 0. The zero-order valence-corrected chi connectivity index (χ0v) is 13.5. The molecular formula is C18H23NO4. The van der Waals surface area contributed by atoms with E-state index in [-0.39, 0.29) is 5.78 Å². The SMILES string of the molecule is COC(=O)C1CN(CCC2COc3ccccc3C2)CCC1=O. The van der Waals surface area contributed by atoms with Gasteiger partial charge in [0.05, 0.1) is 13.7 Å². The number of piperidine rings is 1. The number of rotatable bonds is 4. The van der Waals surface area contributed by atoms with Crippen molar-refractivity contribution in [3.63, 3.8) is 0 Å². The Bertz CT molecular complexity index is 578. The van der Waals surface area contributed by atoms with Gasteiger partial charge in [0.2, 0.25) is 0 Å². The molecule has 0 aromatic heterocycles. The van der Waals surface area contributed by atoms with Gasteiger partial charge in [-0.3, -0.25) is 9.59 Å². The van der Waals surface area contributed by atoms with E-state index in [0.717, 1.165) is 38.3 Å². The van der Waals surface area contributed by atoms with E-state index in [0.29, 0.717) is 18.9 Å². The summed E-state index contributed by atoms with van der Waals surface area (Å²) in [6, 6.07) is 8.18. The van der Waals surface area contributed by atoms with Gasteiger partial charge in [-0.1, -0.05) is 18.2 Å². The van der Waals surface area contributed by atoms with Crippen LogP contribution < -0.4 is 4.74 Å². The Morgan fingerprint density at radius 3 is 3.04 bits per heavy atom. The molecule has 3 rings (SSSR count). The summed E-state index contributed by atoms with van der Waals surface area (Å²) < 4.78 is 10.6. The number of carbonyl (C=O) groups is 2. The Morgan fingerprint density at radius 1 is 1.39 bits per heavy atom. The molecule has 1 saturated heterocycles. The number of para-hydroxylation sites is 1. The van der Waals surface area contributed by atoms with Crippen molar-refractivity contribution in [2.45, 2.75) is 19.3 Å². The number of methoxy groups -OCH3 is 1. The molecule has 2 aliphatic heterocycles. The Morgan fingerprint density at radius 2 is 2.22 bits per heavy atom. The second kappa shape index (κ2) is 7.13. The van der Waals surface area contributed by atoms with E-state index >= 15 is 0 Å². The highest BCUT2D eigenvalue weighted by molar-refractivity contribution is 5.99. The van der Waals surface area contributed by atoms with E-state index in [1.54, 1.807) is 0 Å². The van der Waals surface area contributed by atoms with Crippen LogP contribution in [-0.2, 0) is 20.7 Å². The summed E-state index contributed by atoms with van der Waals surface area (Å²) in [5.74, 6) is 0.465. The van der Waals surface area contributed by atoms with Gasteiger partial charge in [-0.25, -0.2) is 0 Å². The van der Waals surface area contributed by atoms with Gasteiger partial charge in [0.25, 0.3) is 0 Å². The first kappa shape index (κ1) is 16.0. The van der Waals surface area contributed by atoms with Crippen LogP contribution in [-0.4, -0.2) is 50.0 Å². The Kier molecular flexibility index (Phi) is 4.96. The van der Waals surface area contributed by atoms with Gasteiger partial charge in [-0.15, -0.1) is 0 Å². The Labute approximate surface area is 136 Å². The molecule has 0 bridgehead atoms. The largest absolute Gasteiger partial charge is 0.493 e. The number of nitrogens with zero attached hydrogens (tertiary/aromatic N) is 1. The summed E-state index contributed by atoms with van der Waals surface area (Å²) in [6.07, 6.45) is 2.48. The molecule has 2 atom stereocenters. The average Bonchev–Trinajstić information content (AvgIpc) is 2.60. The molecule has 5 heteroatoms. The van der Waals surface area contributed by atoms with E-state index in [1.807, 2.05) is 18.2 Å². The van der Waals surface area contributed by atoms with Crippen molar-refractivity contribution in [2.75, 3.05) is 33.4 Å². The number of hydrogen-bond donors (Lipinski definition) is 0. The van der Waals surface area contributed by atoms with Gasteiger partial charge in [0.1, 0.15) is 17.5 Å². The number of ketones is 1. The third-order valence-corrected chi connectivity index (χ3v) is 4.80. The van der Waals surface area contributed by atoms with Crippen LogP contribution in [0.2, 0.25) is 0 Å². The molecule has 0 amide bonds. The van der Waals surface area contributed by atoms with Crippen LogP contribution in [0.1, 0.15) is 18.4 Å². The highest BCUT2D eigenvalue weighted by atomic mass is 16.5. The topological polar surface area (TPSA) is 55.8 Å². The lowest BCUT2D eigenvalue weighted by Gasteiger charge is -2.32. The fraction of sp³-hybridized carbons (Fsp3) is 0.556. The predicted molar refractivity (Wildman–Crippen MR) is 85.3 cm³/mol. The van der Waals surface area contributed by atoms with Crippen molar-refractivity contribution < 1.29 is 19.1 Å². The van der Waals surface area contributed by atoms with Gasteiger partial charge in [0.15, 0.2) is 0 Å². The second-order valence-corrected chi connectivity index (χ2v) is 6.37. The minimum absolute atomic E-state index is 0.00280. The summed E-state index contributed by atoms with van der Waals surface area (Å²) in [7, 11) is 1.34. The maximum Gasteiger partial charge on any atom is 0.317 e. The van der Waals surface area contributed by atoms with Crippen LogP contribution in [0.3, 0.4) is 0 Å². The summed E-state index contributed by atoms with van der Waals surface area (Å²) >= 11 is 0. The highest BCUT2D eigenvalue weighted by Crippen LogP contribution is 2.28. The lowest BCUT2D eigenvalue weighted by atomic mass is 9.92. The number of hydrogen-bond acceptors (Lipinski definition) is 5. The van der Waals surface area contributed by atoms with Crippen LogP contribution in [0.15, 0.2) is 24.3 Å². The molecule has 2 unspecified atom stereocenters. The molecule has 2 aliphatic rings. The van der Waals surface area contributed by atoms with E-state index in [4.69, 9.17) is 9.47 Å². The second-order valence-electron chi connectivity index (χ2n) is 6.37. The van der Waals surface area contributed by atoms with Crippen molar-refractivity contribution in [1.82, 2.24) is 4.90 Å². The molecule has 2 heterocycles. The number of Topliss-reactive ketones (excluding diaryl/α,β-unsaturated/α-hetero) is 1. The van der Waals surface area contributed by atoms with Crippen LogP contribution in [0, 0.1) is 11.8 Å². The number of likely N-dealkylation sites (tertiary alicyclic amines) is 1. The Hall–Kier alpha value is -1.88.